The molecule has 0 heterocycles. The second-order valence-electron chi connectivity index (χ2n) is 2.61. The largest absolute Gasteiger partial charge is 0.384 e. The summed E-state index contributed by atoms with van der Waals surface area (Å²) < 4.78 is 12.5. The van der Waals surface area contributed by atoms with E-state index in [9.17, 15) is 4.39 Å². The maximum Gasteiger partial charge on any atom is 0.123 e. The van der Waals surface area contributed by atoms with E-state index in [0.717, 1.165) is 18.7 Å². The van der Waals surface area contributed by atoms with E-state index in [1.54, 1.807) is 12.1 Å². The van der Waals surface area contributed by atoms with Crippen molar-refractivity contribution < 1.29 is 4.39 Å². The van der Waals surface area contributed by atoms with Gasteiger partial charge in [0.15, 0.2) is 0 Å². The van der Waals surface area contributed by atoms with Gasteiger partial charge in [0.2, 0.25) is 0 Å². The fraction of sp³-hybridized carbons (Fsp3) is 0.273. The zero-order chi connectivity index (χ0) is 9.52. The first-order valence-electron chi connectivity index (χ1n) is 4.22. The maximum atomic E-state index is 12.5. The average molecular weight is 177 g/mol. The second kappa shape index (κ2) is 5.21. The highest BCUT2D eigenvalue weighted by Crippen LogP contribution is 2.07. The molecule has 0 atom stereocenters. The van der Waals surface area contributed by atoms with Crippen LogP contribution in [0.4, 0.5) is 10.1 Å². The van der Waals surface area contributed by atoms with E-state index in [2.05, 4.69) is 17.2 Å². The van der Waals surface area contributed by atoms with Crippen LogP contribution in [0.15, 0.2) is 24.3 Å². The van der Waals surface area contributed by atoms with Crippen LogP contribution < -0.4 is 5.32 Å². The molecule has 0 spiro atoms. The van der Waals surface area contributed by atoms with Crippen LogP contribution in [0.25, 0.3) is 0 Å². The Morgan fingerprint density at radius 2 is 2.00 bits per heavy atom. The predicted molar refractivity (Wildman–Crippen MR) is 53.0 cm³/mol. The van der Waals surface area contributed by atoms with Gasteiger partial charge in [-0.15, -0.1) is 11.8 Å². The summed E-state index contributed by atoms with van der Waals surface area (Å²) >= 11 is 0. The topological polar surface area (TPSA) is 12.0 Å². The Balaban J connectivity index is 2.36. The quantitative estimate of drug-likeness (QED) is 0.553. The number of anilines is 1. The Hall–Kier alpha value is -1.49. The van der Waals surface area contributed by atoms with Gasteiger partial charge in [-0.05, 0) is 31.2 Å². The number of benzene rings is 1. The lowest BCUT2D eigenvalue weighted by atomic mass is 10.3. The lowest BCUT2D eigenvalue weighted by Gasteiger charge is -2.02. The van der Waals surface area contributed by atoms with Crippen molar-refractivity contribution in [2.75, 3.05) is 11.9 Å². The van der Waals surface area contributed by atoms with Gasteiger partial charge in [0.05, 0.1) is 0 Å². The predicted octanol–water partition coefficient (Wildman–Crippen LogP) is 2.65. The fourth-order valence-electron chi connectivity index (χ4n) is 0.962. The van der Waals surface area contributed by atoms with Crippen molar-refractivity contribution in [1.82, 2.24) is 0 Å². The Labute approximate surface area is 78.0 Å². The molecule has 0 aromatic heterocycles. The molecule has 0 amide bonds. The molecule has 0 aliphatic carbocycles. The van der Waals surface area contributed by atoms with Gasteiger partial charge in [-0.1, -0.05) is 0 Å². The standard InChI is InChI=1S/C11H12FN/c1-2-3-4-9-13-11-7-5-10(12)6-8-11/h5-8,13H,4,9H2,1H3. The van der Waals surface area contributed by atoms with Crippen LogP contribution >= 0.6 is 0 Å². The van der Waals surface area contributed by atoms with Crippen molar-refractivity contribution in [1.29, 1.82) is 0 Å². The molecule has 1 aromatic rings. The summed E-state index contributed by atoms with van der Waals surface area (Å²) in [5.41, 5.74) is 0.930. The number of hydrogen-bond acceptors (Lipinski definition) is 1. The molecular formula is C11H12FN. The second-order valence-corrected chi connectivity index (χ2v) is 2.61. The van der Waals surface area contributed by atoms with E-state index in [1.165, 1.54) is 12.1 Å². The molecule has 1 aromatic carbocycles. The first kappa shape index (κ1) is 9.60. The summed E-state index contributed by atoms with van der Waals surface area (Å²) in [6.45, 7) is 2.62. The van der Waals surface area contributed by atoms with Gasteiger partial charge < -0.3 is 5.32 Å². The van der Waals surface area contributed by atoms with Crippen LogP contribution in [0.1, 0.15) is 13.3 Å². The number of halogens is 1. The third kappa shape index (κ3) is 3.62. The zero-order valence-electron chi connectivity index (χ0n) is 7.60. The third-order valence-corrected chi connectivity index (χ3v) is 1.60. The summed E-state index contributed by atoms with van der Waals surface area (Å²) in [5, 5.41) is 3.14. The van der Waals surface area contributed by atoms with Crippen molar-refractivity contribution in [3.63, 3.8) is 0 Å². The number of hydrogen-bond donors (Lipinski definition) is 1. The van der Waals surface area contributed by atoms with Crippen LogP contribution in [0, 0.1) is 17.7 Å². The summed E-state index contributed by atoms with van der Waals surface area (Å²) in [5.74, 6) is 5.55. The SMILES string of the molecule is CC#CCCNc1ccc(F)cc1. The molecule has 1 N–H and O–H groups in total. The Kier molecular flexibility index (Phi) is 3.84. The molecule has 2 heteroatoms. The van der Waals surface area contributed by atoms with E-state index in [1.807, 2.05) is 6.92 Å². The molecule has 0 unspecified atom stereocenters. The third-order valence-electron chi connectivity index (χ3n) is 1.60. The summed E-state index contributed by atoms with van der Waals surface area (Å²) in [7, 11) is 0. The van der Waals surface area contributed by atoms with E-state index in [4.69, 9.17) is 0 Å². The van der Waals surface area contributed by atoms with Crippen molar-refractivity contribution in [2.24, 2.45) is 0 Å². The molecule has 0 saturated carbocycles. The molecule has 1 rings (SSSR count). The normalized spacial score (nSPS) is 8.77. The van der Waals surface area contributed by atoms with Crippen molar-refractivity contribution in [3.8, 4) is 11.8 Å². The minimum absolute atomic E-state index is 0.209. The highest BCUT2D eigenvalue weighted by Gasteiger charge is 1.90. The molecule has 0 aliphatic rings. The van der Waals surface area contributed by atoms with E-state index in [-0.39, 0.29) is 5.82 Å². The minimum Gasteiger partial charge on any atom is -0.384 e. The summed E-state index contributed by atoms with van der Waals surface area (Å²) in [4.78, 5) is 0. The van der Waals surface area contributed by atoms with Crippen LogP contribution in [-0.4, -0.2) is 6.54 Å². The lowest BCUT2D eigenvalue weighted by molar-refractivity contribution is 0.628. The zero-order valence-corrected chi connectivity index (χ0v) is 7.60. The van der Waals surface area contributed by atoms with Crippen LogP contribution in [0.5, 0.6) is 0 Å². The molecule has 0 radical (unpaired) electrons. The monoisotopic (exact) mass is 177 g/mol. The molecule has 0 aliphatic heterocycles. The smallest absolute Gasteiger partial charge is 0.123 e. The van der Waals surface area contributed by atoms with Gasteiger partial charge in [0.1, 0.15) is 5.82 Å². The van der Waals surface area contributed by atoms with E-state index in [0.29, 0.717) is 0 Å². The minimum atomic E-state index is -0.209. The molecule has 0 saturated heterocycles. The highest BCUT2D eigenvalue weighted by atomic mass is 19.1. The Morgan fingerprint density at radius 1 is 1.31 bits per heavy atom. The van der Waals surface area contributed by atoms with Gasteiger partial charge in [0.25, 0.3) is 0 Å². The van der Waals surface area contributed by atoms with Crippen molar-refractivity contribution >= 4 is 5.69 Å². The summed E-state index contributed by atoms with van der Waals surface area (Å²) in [6, 6.07) is 6.31. The first-order chi connectivity index (χ1) is 6.33. The Morgan fingerprint density at radius 3 is 2.62 bits per heavy atom. The highest BCUT2D eigenvalue weighted by molar-refractivity contribution is 5.42. The molecular weight excluding hydrogens is 165 g/mol. The number of rotatable bonds is 3. The first-order valence-corrected chi connectivity index (χ1v) is 4.22. The van der Waals surface area contributed by atoms with Gasteiger partial charge in [-0.25, -0.2) is 4.39 Å². The average Bonchev–Trinajstić information content (AvgIpc) is 2.15. The maximum absolute atomic E-state index is 12.5. The van der Waals surface area contributed by atoms with Gasteiger partial charge >= 0.3 is 0 Å². The molecule has 1 nitrogen and oxygen atoms in total. The fourth-order valence-corrected chi connectivity index (χ4v) is 0.962. The van der Waals surface area contributed by atoms with E-state index < -0.39 is 0 Å². The molecule has 0 bridgehead atoms. The van der Waals surface area contributed by atoms with Gasteiger partial charge in [-0.3, -0.25) is 0 Å². The summed E-state index contributed by atoms with van der Waals surface area (Å²) in [6.07, 6.45) is 0.813. The van der Waals surface area contributed by atoms with Crippen LogP contribution in [-0.2, 0) is 0 Å². The number of nitrogens with one attached hydrogen (secondary N) is 1. The Bertz CT molecular complexity index is 305. The lowest BCUT2D eigenvalue weighted by Crippen LogP contribution is -1.99. The van der Waals surface area contributed by atoms with Crippen LogP contribution in [0.2, 0.25) is 0 Å². The molecule has 0 fully saturated rings. The van der Waals surface area contributed by atoms with Crippen molar-refractivity contribution in [2.45, 2.75) is 13.3 Å². The van der Waals surface area contributed by atoms with Gasteiger partial charge in [0, 0.05) is 18.7 Å². The molecule has 13 heavy (non-hydrogen) atoms. The van der Waals surface area contributed by atoms with Crippen molar-refractivity contribution in [3.05, 3.63) is 30.1 Å². The van der Waals surface area contributed by atoms with E-state index >= 15 is 0 Å². The van der Waals surface area contributed by atoms with Crippen LogP contribution in [0.3, 0.4) is 0 Å². The molecule has 68 valence electrons. The van der Waals surface area contributed by atoms with Gasteiger partial charge in [-0.2, -0.15) is 0 Å².